The molecule has 3 rings (SSSR count). The molecule has 1 aromatic carbocycles. The Bertz CT molecular complexity index is 759. The number of hydrogen-bond acceptors (Lipinski definition) is 4. The standard InChI is InChI=1S/C22H34N4O3.HI/c1-21(2,3)29-20(27)25-16-10-13-26(14-16)19(23-4)24-15-22(11-12-22)17-8-6-7-9-18(17)28-5;/h6-9,16H,10-15H2,1-5H3,(H,23,24)(H,25,27);1H. The van der Waals surface area contributed by atoms with Crippen LogP contribution >= 0.6 is 24.0 Å². The van der Waals surface area contributed by atoms with Crippen LogP contribution in [0.25, 0.3) is 0 Å². The van der Waals surface area contributed by atoms with Crippen molar-refractivity contribution in [2.75, 3.05) is 33.8 Å². The van der Waals surface area contributed by atoms with Gasteiger partial charge in [-0.3, -0.25) is 4.99 Å². The molecule has 1 aromatic rings. The summed E-state index contributed by atoms with van der Waals surface area (Å²) in [6.07, 6.45) is 2.79. The lowest BCUT2D eigenvalue weighted by Gasteiger charge is -2.26. The number of nitrogens with one attached hydrogen (secondary N) is 2. The van der Waals surface area contributed by atoms with Crippen LogP contribution in [0, 0.1) is 0 Å². The highest BCUT2D eigenvalue weighted by Gasteiger charge is 2.46. The van der Waals surface area contributed by atoms with Gasteiger partial charge in [0.2, 0.25) is 0 Å². The molecule has 2 aliphatic rings. The first-order valence-corrected chi connectivity index (χ1v) is 10.3. The van der Waals surface area contributed by atoms with Crippen molar-refractivity contribution in [2.45, 2.75) is 57.1 Å². The molecule has 1 heterocycles. The molecule has 8 heteroatoms. The van der Waals surface area contributed by atoms with Crippen LogP contribution in [-0.2, 0) is 10.2 Å². The number of likely N-dealkylation sites (tertiary alicyclic amines) is 1. The van der Waals surface area contributed by atoms with E-state index in [1.54, 1.807) is 14.2 Å². The molecule has 168 valence electrons. The lowest BCUT2D eigenvalue weighted by atomic mass is 9.95. The number of aliphatic imine (C=N–C) groups is 1. The maximum Gasteiger partial charge on any atom is 0.407 e. The second kappa shape index (κ2) is 10.1. The summed E-state index contributed by atoms with van der Waals surface area (Å²) < 4.78 is 10.9. The summed E-state index contributed by atoms with van der Waals surface area (Å²) in [4.78, 5) is 18.7. The zero-order valence-electron chi connectivity index (χ0n) is 18.7. The number of amides is 1. The first kappa shape index (κ1) is 24.6. The van der Waals surface area contributed by atoms with Gasteiger partial charge >= 0.3 is 6.09 Å². The van der Waals surface area contributed by atoms with Gasteiger partial charge in [-0.1, -0.05) is 18.2 Å². The highest BCUT2D eigenvalue weighted by atomic mass is 127. The van der Waals surface area contributed by atoms with Crippen molar-refractivity contribution in [3.05, 3.63) is 29.8 Å². The number of carbonyl (C=O) groups is 1. The Morgan fingerprint density at radius 1 is 1.30 bits per heavy atom. The van der Waals surface area contributed by atoms with Gasteiger partial charge in [0.15, 0.2) is 5.96 Å². The van der Waals surface area contributed by atoms with E-state index in [1.165, 1.54) is 5.56 Å². The number of hydrogen-bond donors (Lipinski definition) is 2. The molecule has 0 bridgehead atoms. The number of guanidine groups is 1. The minimum absolute atomic E-state index is 0. The van der Waals surface area contributed by atoms with Gasteiger partial charge in [-0.05, 0) is 46.1 Å². The molecule has 0 aromatic heterocycles. The molecule has 1 aliphatic heterocycles. The number of rotatable bonds is 5. The van der Waals surface area contributed by atoms with E-state index in [0.717, 1.165) is 50.6 Å². The normalized spacial score (nSPS) is 20.2. The number of nitrogens with zero attached hydrogens (tertiary/aromatic N) is 2. The minimum Gasteiger partial charge on any atom is -0.496 e. The predicted molar refractivity (Wildman–Crippen MR) is 130 cm³/mol. The molecule has 1 unspecified atom stereocenters. The van der Waals surface area contributed by atoms with Gasteiger partial charge in [0.05, 0.1) is 13.2 Å². The maximum absolute atomic E-state index is 12.0. The van der Waals surface area contributed by atoms with Crippen molar-refractivity contribution in [3.8, 4) is 5.75 Å². The Hall–Kier alpha value is -1.71. The van der Waals surface area contributed by atoms with Gasteiger partial charge in [-0.25, -0.2) is 4.79 Å². The van der Waals surface area contributed by atoms with Crippen molar-refractivity contribution in [1.82, 2.24) is 15.5 Å². The molecule has 1 saturated heterocycles. The number of carbonyl (C=O) groups excluding carboxylic acids is 1. The number of ether oxygens (including phenoxy) is 2. The molecule has 2 fully saturated rings. The highest BCUT2D eigenvalue weighted by molar-refractivity contribution is 14.0. The van der Waals surface area contributed by atoms with Crippen LogP contribution < -0.4 is 15.4 Å². The second-order valence-electron chi connectivity index (χ2n) is 8.96. The van der Waals surface area contributed by atoms with Crippen molar-refractivity contribution in [1.29, 1.82) is 0 Å². The first-order chi connectivity index (χ1) is 13.8. The monoisotopic (exact) mass is 530 g/mol. The quantitative estimate of drug-likeness (QED) is 0.346. The fourth-order valence-corrected chi connectivity index (χ4v) is 3.90. The van der Waals surface area contributed by atoms with Gasteiger partial charge in [0.25, 0.3) is 0 Å². The molecule has 1 saturated carbocycles. The van der Waals surface area contributed by atoms with Gasteiger partial charge in [0, 0.05) is 37.7 Å². The van der Waals surface area contributed by atoms with Gasteiger partial charge < -0.3 is 25.0 Å². The summed E-state index contributed by atoms with van der Waals surface area (Å²) in [5, 5.41) is 6.52. The second-order valence-corrected chi connectivity index (χ2v) is 8.96. The van der Waals surface area contributed by atoms with Crippen molar-refractivity contribution in [3.63, 3.8) is 0 Å². The molecular formula is C22H35IN4O3. The van der Waals surface area contributed by atoms with E-state index >= 15 is 0 Å². The smallest absolute Gasteiger partial charge is 0.407 e. The maximum atomic E-state index is 12.0. The molecule has 7 nitrogen and oxygen atoms in total. The number of para-hydroxylation sites is 1. The number of alkyl carbamates (subject to hydrolysis) is 1. The van der Waals surface area contributed by atoms with E-state index in [2.05, 4.69) is 32.7 Å². The number of halogens is 1. The molecule has 1 aliphatic carbocycles. The topological polar surface area (TPSA) is 75.2 Å². The van der Waals surface area contributed by atoms with Crippen molar-refractivity contribution >= 4 is 36.0 Å². The molecule has 30 heavy (non-hydrogen) atoms. The average molecular weight is 530 g/mol. The van der Waals surface area contributed by atoms with Crippen molar-refractivity contribution < 1.29 is 14.3 Å². The SMILES string of the molecule is CN=C(NCC1(c2ccccc2OC)CC1)N1CCC(NC(=O)OC(C)(C)C)C1.I. The average Bonchev–Trinajstić information content (AvgIpc) is 3.32. The fourth-order valence-electron chi connectivity index (χ4n) is 3.90. The molecule has 0 spiro atoms. The summed E-state index contributed by atoms with van der Waals surface area (Å²) in [5.41, 5.74) is 0.879. The van der Waals surface area contributed by atoms with Crippen molar-refractivity contribution in [2.24, 2.45) is 4.99 Å². The zero-order valence-corrected chi connectivity index (χ0v) is 21.0. The Kier molecular flexibility index (Phi) is 8.24. The minimum atomic E-state index is -0.489. The van der Waals surface area contributed by atoms with E-state index in [4.69, 9.17) is 9.47 Å². The summed E-state index contributed by atoms with van der Waals surface area (Å²) in [6, 6.07) is 8.32. The summed E-state index contributed by atoms with van der Waals surface area (Å²) >= 11 is 0. The van der Waals surface area contributed by atoms with Crippen LogP contribution in [-0.4, -0.2) is 62.4 Å². The van der Waals surface area contributed by atoms with E-state index in [1.807, 2.05) is 32.9 Å². The lowest BCUT2D eigenvalue weighted by molar-refractivity contribution is 0.0507. The molecule has 1 amide bonds. The van der Waals surface area contributed by atoms with Crippen LogP contribution in [0.1, 0.15) is 45.6 Å². The zero-order chi connectivity index (χ0) is 21.1. The fraction of sp³-hybridized carbons (Fsp3) is 0.636. The third kappa shape index (κ3) is 6.15. The number of benzene rings is 1. The summed E-state index contributed by atoms with van der Waals surface area (Å²) in [7, 11) is 3.53. The summed E-state index contributed by atoms with van der Waals surface area (Å²) in [6.45, 7) is 8.00. The van der Waals surface area contributed by atoms with E-state index in [-0.39, 0.29) is 41.5 Å². The van der Waals surface area contributed by atoms with Gasteiger partial charge in [-0.2, -0.15) is 0 Å². The van der Waals surface area contributed by atoms with Crippen LogP contribution in [0.4, 0.5) is 4.79 Å². The third-order valence-corrected chi connectivity index (χ3v) is 5.54. The lowest BCUT2D eigenvalue weighted by Crippen LogP contribution is -2.45. The van der Waals surface area contributed by atoms with E-state index in [9.17, 15) is 4.79 Å². The van der Waals surface area contributed by atoms with Gasteiger partial charge in [0.1, 0.15) is 11.4 Å². The Labute approximate surface area is 197 Å². The van der Waals surface area contributed by atoms with Crippen LogP contribution in [0.2, 0.25) is 0 Å². The van der Waals surface area contributed by atoms with Crippen LogP contribution in [0.5, 0.6) is 5.75 Å². The van der Waals surface area contributed by atoms with Crippen LogP contribution in [0.3, 0.4) is 0 Å². The molecule has 1 atom stereocenters. The Morgan fingerprint density at radius 2 is 2.00 bits per heavy atom. The highest BCUT2D eigenvalue weighted by Crippen LogP contribution is 2.50. The Morgan fingerprint density at radius 3 is 2.60 bits per heavy atom. The molecule has 0 radical (unpaired) electrons. The van der Waals surface area contributed by atoms with Crippen LogP contribution in [0.15, 0.2) is 29.3 Å². The number of methoxy groups -OCH3 is 1. The van der Waals surface area contributed by atoms with E-state index < -0.39 is 5.60 Å². The first-order valence-electron chi connectivity index (χ1n) is 10.3. The summed E-state index contributed by atoms with van der Waals surface area (Å²) in [5.74, 6) is 1.82. The third-order valence-electron chi connectivity index (χ3n) is 5.54. The van der Waals surface area contributed by atoms with Gasteiger partial charge in [-0.15, -0.1) is 24.0 Å². The predicted octanol–water partition coefficient (Wildman–Crippen LogP) is 3.52. The molecular weight excluding hydrogens is 495 g/mol. The largest absolute Gasteiger partial charge is 0.496 e. The molecule has 2 N–H and O–H groups in total. The Balaban J connectivity index is 0.00000320. The van der Waals surface area contributed by atoms with E-state index in [0.29, 0.717) is 0 Å².